The van der Waals surface area contributed by atoms with Crippen molar-refractivity contribution in [3.63, 3.8) is 0 Å². The average Bonchev–Trinajstić information content (AvgIpc) is 3.29. The molecule has 4 aromatic rings. The van der Waals surface area contributed by atoms with Crippen LogP contribution in [-0.4, -0.2) is 30.8 Å². The van der Waals surface area contributed by atoms with Gasteiger partial charge in [0.15, 0.2) is 0 Å². The van der Waals surface area contributed by atoms with Crippen LogP contribution in [0.5, 0.6) is 0 Å². The number of aryl methyl sites for hydroxylation is 1. The summed E-state index contributed by atoms with van der Waals surface area (Å²) in [6.07, 6.45) is 3.51. The van der Waals surface area contributed by atoms with Gasteiger partial charge in [0.2, 0.25) is 10.0 Å². The number of hydrogen-bond acceptors (Lipinski definition) is 2. The molecule has 1 aliphatic rings. The lowest BCUT2D eigenvalue weighted by Crippen LogP contribution is -2.37. The molecule has 0 bridgehead atoms. The summed E-state index contributed by atoms with van der Waals surface area (Å²) in [5, 5.41) is 0.921. The molecule has 32 heavy (non-hydrogen) atoms. The number of benzene rings is 3. The summed E-state index contributed by atoms with van der Waals surface area (Å²) in [6.45, 7) is 5.42. The molecule has 1 fully saturated rings. The van der Waals surface area contributed by atoms with Crippen LogP contribution in [-0.2, 0) is 10.0 Å². The average molecular weight is 445 g/mol. The highest BCUT2D eigenvalue weighted by Crippen LogP contribution is 2.33. The Kier molecular flexibility index (Phi) is 5.39. The molecule has 1 N–H and O–H groups in total. The molecule has 2 heterocycles. The van der Waals surface area contributed by atoms with E-state index in [1.165, 1.54) is 27.8 Å². The van der Waals surface area contributed by atoms with Crippen LogP contribution in [0.3, 0.4) is 0 Å². The lowest BCUT2D eigenvalue weighted by atomic mass is 9.88. The second kappa shape index (κ2) is 8.23. The Morgan fingerprint density at radius 2 is 1.66 bits per heavy atom. The van der Waals surface area contributed by atoms with E-state index >= 15 is 0 Å². The molecule has 0 spiro atoms. The van der Waals surface area contributed by atoms with Crippen LogP contribution in [0.1, 0.15) is 35.4 Å². The van der Waals surface area contributed by atoms with Crippen LogP contribution in [0.25, 0.3) is 22.0 Å². The Balaban J connectivity index is 1.29. The van der Waals surface area contributed by atoms with Gasteiger partial charge in [-0.2, -0.15) is 4.31 Å². The lowest BCUT2D eigenvalue weighted by molar-refractivity contribution is 0.319. The monoisotopic (exact) mass is 444 g/mol. The van der Waals surface area contributed by atoms with E-state index in [1.807, 2.05) is 18.3 Å². The Bertz CT molecular complexity index is 1360. The van der Waals surface area contributed by atoms with Crippen LogP contribution >= 0.6 is 0 Å². The fraction of sp³-hybridized carbons (Fsp3) is 0.259. The lowest BCUT2D eigenvalue weighted by Gasteiger charge is -2.31. The second-order valence-electron chi connectivity index (χ2n) is 8.77. The maximum absolute atomic E-state index is 13.2. The van der Waals surface area contributed by atoms with Crippen molar-refractivity contribution >= 4 is 20.9 Å². The largest absolute Gasteiger partial charge is 0.361 e. The zero-order chi connectivity index (χ0) is 22.3. The number of fused-ring (bicyclic) bond motifs is 1. The summed E-state index contributed by atoms with van der Waals surface area (Å²) in [5.41, 5.74) is 7.37. The van der Waals surface area contributed by atoms with Gasteiger partial charge in [-0.15, -0.1) is 0 Å². The van der Waals surface area contributed by atoms with E-state index in [1.54, 1.807) is 16.4 Å². The molecule has 0 saturated carbocycles. The fourth-order valence-corrected chi connectivity index (χ4v) is 6.27. The smallest absolute Gasteiger partial charge is 0.243 e. The van der Waals surface area contributed by atoms with Crippen molar-refractivity contribution in [1.29, 1.82) is 0 Å². The first-order valence-corrected chi connectivity index (χ1v) is 12.6. The Morgan fingerprint density at radius 1 is 0.906 bits per heavy atom. The molecule has 4 nitrogen and oxygen atoms in total. The van der Waals surface area contributed by atoms with Gasteiger partial charge in [0.1, 0.15) is 0 Å². The van der Waals surface area contributed by atoms with Gasteiger partial charge in [0, 0.05) is 30.2 Å². The number of nitrogens with zero attached hydrogens (tertiary/aromatic N) is 1. The molecule has 3 aromatic carbocycles. The summed E-state index contributed by atoms with van der Waals surface area (Å²) in [6, 6.07) is 22.5. The zero-order valence-electron chi connectivity index (χ0n) is 18.5. The molecule has 1 saturated heterocycles. The van der Waals surface area contributed by atoms with Crippen LogP contribution in [0.4, 0.5) is 0 Å². The maximum Gasteiger partial charge on any atom is 0.243 e. The Hall–Kier alpha value is -2.89. The molecule has 0 amide bonds. The minimum Gasteiger partial charge on any atom is -0.361 e. The van der Waals surface area contributed by atoms with Gasteiger partial charge < -0.3 is 4.98 Å². The standard InChI is InChI=1S/C27H28N2O2S/c1-19-4-3-5-26(20(19)2)23-8-6-21(7-9-23)22-13-16-29(17-14-22)32(30,31)25-10-11-27-24(18-25)12-15-28-27/h3-12,15,18,22,28H,13-14,16-17H2,1-2H3. The molecule has 1 aliphatic heterocycles. The Morgan fingerprint density at radius 3 is 2.41 bits per heavy atom. The molecule has 5 rings (SSSR count). The Labute approximate surface area is 190 Å². The third-order valence-corrected chi connectivity index (χ3v) is 8.81. The number of piperidine rings is 1. The first-order valence-electron chi connectivity index (χ1n) is 11.2. The second-order valence-corrected chi connectivity index (χ2v) is 10.7. The third kappa shape index (κ3) is 3.76. The molecule has 0 radical (unpaired) electrons. The number of sulfonamides is 1. The highest BCUT2D eigenvalue weighted by molar-refractivity contribution is 7.89. The first-order chi connectivity index (χ1) is 15.4. The van der Waals surface area contributed by atoms with Gasteiger partial charge in [-0.05, 0) is 84.7 Å². The van der Waals surface area contributed by atoms with Crippen molar-refractivity contribution < 1.29 is 8.42 Å². The van der Waals surface area contributed by atoms with Crippen LogP contribution in [0, 0.1) is 13.8 Å². The molecule has 5 heteroatoms. The third-order valence-electron chi connectivity index (χ3n) is 6.91. The molecular formula is C27H28N2O2S. The van der Waals surface area contributed by atoms with Gasteiger partial charge in [-0.25, -0.2) is 8.42 Å². The maximum atomic E-state index is 13.2. The minimum absolute atomic E-state index is 0.376. The summed E-state index contributed by atoms with van der Waals surface area (Å²) < 4.78 is 28.0. The van der Waals surface area contributed by atoms with Gasteiger partial charge in [-0.1, -0.05) is 42.5 Å². The van der Waals surface area contributed by atoms with Gasteiger partial charge in [0.25, 0.3) is 0 Å². The minimum atomic E-state index is -3.47. The van der Waals surface area contributed by atoms with E-state index in [2.05, 4.69) is 61.3 Å². The van der Waals surface area contributed by atoms with Crippen LogP contribution in [0.2, 0.25) is 0 Å². The highest BCUT2D eigenvalue weighted by Gasteiger charge is 2.30. The molecular weight excluding hydrogens is 416 g/mol. The molecule has 0 unspecified atom stereocenters. The summed E-state index contributed by atoms with van der Waals surface area (Å²) in [7, 11) is -3.47. The van der Waals surface area contributed by atoms with E-state index in [4.69, 9.17) is 0 Å². The normalized spacial score (nSPS) is 15.9. The summed E-state index contributed by atoms with van der Waals surface area (Å²) >= 11 is 0. The van der Waals surface area contributed by atoms with E-state index in [0.29, 0.717) is 23.9 Å². The molecule has 164 valence electrons. The van der Waals surface area contributed by atoms with Crippen molar-refractivity contribution in [1.82, 2.24) is 9.29 Å². The number of aromatic amines is 1. The van der Waals surface area contributed by atoms with Crippen molar-refractivity contribution in [2.75, 3.05) is 13.1 Å². The number of aromatic nitrogens is 1. The summed E-state index contributed by atoms with van der Waals surface area (Å²) in [4.78, 5) is 3.49. The van der Waals surface area contributed by atoms with E-state index in [9.17, 15) is 8.42 Å². The quantitative estimate of drug-likeness (QED) is 0.418. The highest BCUT2D eigenvalue weighted by atomic mass is 32.2. The predicted octanol–water partition coefficient (Wildman–Crippen LogP) is 6.02. The topological polar surface area (TPSA) is 53.2 Å². The van der Waals surface area contributed by atoms with Gasteiger partial charge in [-0.3, -0.25) is 0 Å². The van der Waals surface area contributed by atoms with Crippen molar-refractivity contribution in [2.45, 2.75) is 37.5 Å². The SMILES string of the molecule is Cc1cccc(-c2ccc(C3CCN(S(=O)(=O)c4ccc5[nH]ccc5c4)CC3)cc2)c1C. The van der Waals surface area contributed by atoms with E-state index in [-0.39, 0.29) is 0 Å². The van der Waals surface area contributed by atoms with Crippen molar-refractivity contribution in [3.05, 3.63) is 89.6 Å². The van der Waals surface area contributed by atoms with Crippen LogP contribution < -0.4 is 0 Å². The number of rotatable bonds is 4. The van der Waals surface area contributed by atoms with Crippen molar-refractivity contribution in [2.24, 2.45) is 0 Å². The predicted molar refractivity (Wildman–Crippen MR) is 130 cm³/mol. The van der Waals surface area contributed by atoms with Gasteiger partial charge in [0.05, 0.1) is 4.90 Å². The van der Waals surface area contributed by atoms with E-state index in [0.717, 1.165) is 23.7 Å². The van der Waals surface area contributed by atoms with Crippen LogP contribution in [0.15, 0.2) is 77.8 Å². The van der Waals surface area contributed by atoms with Crippen molar-refractivity contribution in [3.8, 4) is 11.1 Å². The molecule has 0 atom stereocenters. The zero-order valence-corrected chi connectivity index (χ0v) is 19.3. The molecule has 1 aromatic heterocycles. The summed E-state index contributed by atoms with van der Waals surface area (Å²) in [5.74, 6) is 0.390. The first kappa shape index (κ1) is 21.0. The fourth-order valence-electron chi connectivity index (χ4n) is 4.77. The molecule has 0 aliphatic carbocycles. The number of H-pyrrole nitrogens is 1. The number of nitrogens with one attached hydrogen (secondary N) is 1. The van der Waals surface area contributed by atoms with E-state index < -0.39 is 10.0 Å². The van der Waals surface area contributed by atoms with Gasteiger partial charge >= 0.3 is 0 Å². The number of hydrogen-bond donors (Lipinski definition) is 1.